The van der Waals surface area contributed by atoms with Gasteiger partial charge in [-0.2, -0.15) is 0 Å². The lowest BCUT2D eigenvalue weighted by molar-refractivity contribution is 0.0601. The van der Waals surface area contributed by atoms with Crippen LogP contribution in [0.3, 0.4) is 0 Å². The van der Waals surface area contributed by atoms with Gasteiger partial charge in [-0.1, -0.05) is 6.07 Å². The monoisotopic (exact) mass is 314 g/mol. The molecule has 0 bridgehead atoms. The van der Waals surface area contributed by atoms with Crippen molar-refractivity contribution in [3.8, 4) is 0 Å². The fraction of sp³-hybridized carbons (Fsp3) is 0.176. The number of amides is 2. The Hall–Kier alpha value is -2.89. The molecule has 2 aromatic carbocycles. The van der Waals surface area contributed by atoms with Crippen LogP contribution in [0, 0.1) is 5.82 Å². The second-order valence-corrected chi connectivity index (χ2v) is 5.27. The molecule has 0 saturated heterocycles. The Morgan fingerprint density at radius 3 is 2.48 bits per heavy atom. The highest BCUT2D eigenvalue weighted by atomic mass is 19.1. The van der Waals surface area contributed by atoms with E-state index in [-0.39, 0.29) is 11.8 Å². The van der Waals surface area contributed by atoms with Gasteiger partial charge in [0, 0.05) is 18.8 Å². The van der Waals surface area contributed by atoms with Crippen molar-refractivity contribution in [2.75, 3.05) is 12.4 Å². The topological polar surface area (TPSA) is 58.6 Å². The Bertz CT molecular complexity index is 759. The molecule has 0 saturated carbocycles. The largest absolute Gasteiger partial charge is 0.465 e. The van der Waals surface area contributed by atoms with Crippen molar-refractivity contribution in [1.82, 2.24) is 4.90 Å². The fourth-order valence-electron chi connectivity index (χ4n) is 2.52. The predicted octanol–water partition coefficient (Wildman–Crippen LogP) is 3.16. The normalized spacial score (nSPS) is 12.7. The van der Waals surface area contributed by atoms with Crippen molar-refractivity contribution in [2.45, 2.75) is 13.1 Å². The van der Waals surface area contributed by atoms with Gasteiger partial charge < -0.3 is 15.0 Å². The summed E-state index contributed by atoms with van der Waals surface area (Å²) < 4.78 is 17.8. The molecule has 2 aromatic rings. The molecule has 1 N–H and O–H groups in total. The van der Waals surface area contributed by atoms with Gasteiger partial charge in [-0.25, -0.2) is 14.0 Å². The Kier molecular flexibility index (Phi) is 3.97. The molecule has 1 heterocycles. The first-order valence-corrected chi connectivity index (χ1v) is 7.08. The summed E-state index contributed by atoms with van der Waals surface area (Å²) in [5, 5.41) is 2.76. The SMILES string of the molecule is COC(=O)c1ccc(NC(=O)N2Cc3ccc(F)cc3C2)cc1. The van der Waals surface area contributed by atoms with Crippen LogP contribution in [-0.2, 0) is 17.8 Å². The number of carbonyl (C=O) groups excluding carboxylic acids is 2. The van der Waals surface area contributed by atoms with Crippen LogP contribution < -0.4 is 5.32 Å². The van der Waals surface area contributed by atoms with Crippen LogP contribution >= 0.6 is 0 Å². The van der Waals surface area contributed by atoms with Crippen LogP contribution in [0.4, 0.5) is 14.9 Å². The van der Waals surface area contributed by atoms with E-state index in [1.54, 1.807) is 35.2 Å². The summed E-state index contributed by atoms with van der Waals surface area (Å²) in [5.74, 6) is -0.732. The first-order chi connectivity index (χ1) is 11.1. The molecule has 0 aliphatic carbocycles. The van der Waals surface area contributed by atoms with E-state index >= 15 is 0 Å². The van der Waals surface area contributed by atoms with Crippen LogP contribution in [-0.4, -0.2) is 24.0 Å². The number of anilines is 1. The molecule has 0 fully saturated rings. The van der Waals surface area contributed by atoms with E-state index in [0.29, 0.717) is 24.3 Å². The highest BCUT2D eigenvalue weighted by Crippen LogP contribution is 2.24. The molecule has 0 spiro atoms. The Morgan fingerprint density at radius 1 is 1.09 bits per heavy atom. The average Bonchev–Trinajstić information content (AvgIpc) is 2.98. The van der Waals surface area contributed by atoms with E-state index in [1.807, 2.05) is 0 Å². The number of benzene rings is 2. The molecule has 0 aromatic heterocycles. The minimum atomic E-state index is -0.431. The molecule has 0 atom stereocenters. The number of esters is 1. The summed E-state index contributed by atoms with van der Waals surface area (Å²) in [5.41, 5.74) is 2.75. The molecule has 0 radical (unpaired) electrons. The van der Waals surface area contributed by atoms with Gasteiger partial charge in [0.15, 0.2) is 0 Å². The van der Waals surface area contributed by atoms with Crippen molar-refractivity contribution < 1.29 is 18.7 Å². The van der Waals surface area contributed by atoms with Gasteiger partial charge in [-0.05, 0) is 47.5 Å². The van der Waals surface area contributed by atoms with E-state index < -0.39 is 5.97 Å². The number of ether oxygens (including phenoxy) is 1. The number of hydrogen-bond donors (Lipinski definition) is 1. The van der Waals surface area contributed by atoms with E-state index in [4.69, 9.17) is 0 Å². The van der Waals surface area contributed by atoms with Crippen molar-refractivity contribution in [3.05, 3.63) is 65.0 Å². The Balaban J connectivity index is 1.65. The number of fused-ring (bicyclic) bond motifs is 1. The minimum absolute atomic E-state index is 0.271. The average molecular weight is 314 g/mol. The number of urea groups is 1. The third-order valence-electron chi connectivity index (χ3n) is 3.74. The van der Waals surface area contributed by atoms with Crippen molar-refractivity contribution >= 4 is 17.7 Å². The summed E-state index contributed by atoms with van der Waals surface area (Å²) in [7, 11) is 1.31. The summed E-state index contributed by atoms with van der Waals surface area (Å²) in [4.78, 5) is 25.2. The quantitative estimate of drug-likeness (QED) is 0.866. The maximum absolute atomic E-state index is 13.2. The lowest BCUT2D eigenvalue weighted by Gasteiger charge is -2.16. The molecular weight excluding hydrogens is 299 g/mol. The number of hydrogen-bond acceptors (Lipinski definition) is 3. The molecule has 23 heavy (non-hydrogen) atoms. The first-order valence-electron chi connectivity index (χ1n) is 7.08. The Labute approximate surface area is 132 Å². The number of rotatable bonds is 2. The van der Waals surface area contributed by atoms with Crippen molar-refractivity contribution in [1.29, 1.82) is 0 Å². The maximum Gasteiger partial charge on any atom is 0.337 e. The number of methoxy groups -OCH3 is 1. The second kappa shape index (κ2) is 6.08. The standard InChI is InChI=1S/C17H15FN2O3/c1-23-16(21)11-3-6-15(7-4-11)19-17(22)20-9-12-2-5-14(18)8-13(12)10-20/h2-8H,9-10H2,1H3,(H,19,22). The molecule has 1 aliphatic rings. The third-order valence-corrected chi connectivity index (χ3v) is 3.74. The van der Waals surface area contributed by atoms with Gasteiger partial charge in [-0.15, -0.1) is 0 Å². The van der Waals surface area contributed by atoms with Crippen LogP contribution in [0.2, 0.25) is 0 Å². The molecule has 118 valence electrons. The highest BCUT2D eigenvalue weighted by Gasteiger charge is 2.23. The van der Waals surface area contributed by atoms with Crippen molar-refractivity contribution in [3.63, 3.8) is 0 Å². The van der Waals surface area contributed by atoms with Gasteiger partial charge in [0.25, 0.3) is 0 Å². The lowest BCUT2D eigenvalue weighted by atomic mass is 10.1. The molecule has 2 amide bonds. The van der Waals surface area contributed by atoms with E-state index in [1.165, 1.54) is 19.2 Å². The van der Waals surface area contributed by atoms with E-state index in [2.05, 4.69) is 10.1 Å². The molecule has 1 aliphatic heterocycles. The molecule has 0 unspecified atom stereocenters. The summed E-state index contributed by atoms with van der Waals surface area (Å²) in [6, 6.07) is 10.7. The van der Waals surface area contributed by atoms with Crippen LogP contribution in [0.5, 0.6) is 0 Å². The third kappa shape index (κ3) is 3.15. The zero-order valence-corrected chi connectivity index (χ0v) is 12.5. The predicted molar refractivity (Wildman–Crippen MR) is 82.4 cm³/mol. The lowest BCUT2D eigenvalue weighted by Crippen LogP contribution is -2.30. The summed E-state index contributed by atoms with van der Waals surface area (Å²) in [6.45, 7) is 0.820. The van der Waals surface area contributed by atoms with Gasteiger partial charge in [-0.3, -0.25) is 0 Å². The number of carbonyl (C=O) groups is 2. The maximum atomic E-state index is 13.2. The molecule has 3 rings (SSSR count). The molecule has 6 heteroatoms. The fourth-order valence-corrected chi connectivity index (χ4v) is 2.52. The van der Waals surface area contributed by atoms with Gasteiger partial charge in [0.1, 0.15) is 5.82 Å². The zero-order chi connectivity index (χ0) is 16.4. The molecule has 5 nitrogen and oxygen atoms in total. The van der Waals surface area contributed by atoms with Gasteiger partial charge in [0.2, 0.25) is 0 Å². The summed E-state index contributed by atoms with van der Waals surface area (Å²) in [6.07, 6.45) is 0. The van der Waals surface area contributed by atoms with Crippen LogP contribution in [0.25, 0.3) is 0 Å². The van der Waals surface area contributed by atoms with E-state index in [0.717, 1.165) is 11.1 Å². The van der Waals surface area contributed by atoms with E-state index in [9.17, 15) is 14.0 Å². The highest BCUT2D eigenvalue weighted by molar-refractivity contribution is 5.92. The second-order valence-electron chi connectivity index (χ2n) is 5.27. The summed E-state index contributed by atoms with van der Waals surface area (Å²) >= 11 is 0. The van der Waals surface area contributed by atoms with Crippen LogP contribution in [0.1, 0.15) is 21.5 Å². The number of nitrogens with one attached hydrogen (secondary N) is 1. The molecular formula is C17H15FN2O3. The first kappa shape index (κ1) is 15.0. The Morgan fingerprint density at radius 2 is 1.78 bits per heavy atom. The van der Waals surface area contributed by atoms with Gasteiger partial charge >= 0.3 is 12.0 Å². The minimum Gasteiger partial charge on any atom is -0.465 e. The number of nitrogens with zero attached hydrogens (tertiary/aromatic N) is 1. The van der Waals surface area contributed by atoms with Crippen LogP contribution in [0.15, 0.2) is 42.5 Å². The van der Waals surface area contributed by atoms with Crippen molar-refractivity contribution in [2.24, 2.45) is 0 Å². The van der Waals surface area contributed by atoms with Gasteiger partial charge in [0.05, 0.1) is 12.7 Å². The smallest absolute Gasteiger partial charge is 0.337 e. The number of halogens is 1. The zero-order valence-electron chi connectivity index (χ0n) is 12.5.